The Labute approximate surface area is 200 Å². The number of aromatic nitrogens is 1. The molecule has 1 aromatic heterocycles. The number of benzene rings is 1. The second kappa shape index (κ2) is 8.74. The highest BCUT2D eigenvalue weighted by atomic mass is 16.4. The number of carbonyl (C=O) groups is 2. The minimum absolute atomic E-state index is 0.00882. The van der Waals surface area contributed by atoms with Crippen molar-refractivity contribution in [1.82, 2.24) is 15.2 Å². The van der Waals surface area contributed by atoms with Crippen LogP contribution in [0.1, 0.15) is 85.5 Å². The van der Waals surface area contributed by atoms with Crippen molar-refractivity contribution in [3.05, 3.63) is 57.4 Å². The van der Waals surface area contributed by atoms with Crippen molar-refractivity contribution in [2.45, 2.75) is 72.4 Å². The lowest BCUT2D eigenvalue weighted by atomic mass is 9.78. The van der Waals surface area contributed by atoms with Gasteiger partial charge in [0, 0.05) is 41.0 Å². The number of carboxylic acid groups (broad SMARTS) is 1. The predicted molar refractivity (Wildman–Crippen MR) is 131 cm³/mol. The zero-order valence-electron chi connectivity index (χ0n) is 21.0. The van der Waals surface area contributed by atoms with Crippen LogP contribution in [0.2, 0.25) is 0 Å². The largest absolute Gasteiger partial charge is 0.507 e. The summed E-state index contributed by atoms with van der Waals surface area (Å²) >= 11 is 0. The molecular weight excluding hydrogens is 432 g/mol. The van der Waals surface area contributed by atoms with Crippen LogP contribution in [0.5, 0.6) is 5.75 Å². The summed E-state index contributed by atoms with van der Waals surface area (Å²) in [7, 11) is 0. The molecule has 1 aliphatic heterocycles. The zero-order valence-corrected chi connectivity index (χ0v) is 21.0. The first-order valence-electron chi connectivity index (χ1n) is 11.3. The van der Waals surface area contributed by atoms with E-state index in [0.29, 0.717) is 23.5 Å². The number of Topliss-reactive ketones (excluding diaryl/α,β-unsaturated/α-hetero) is 1. The Balaban J connectivity index is 1.89. The number of nitrogens with one attached hydrogen (secondary N) is 2. The Kier molecular flexibility index (Phi) is 6.48. The van der Waals surface area contributed by atoms with Crippen LogP contribution in [0, 0.1) is 12.3 Å². The van der Waals surface area contributed by atoms with E-state index in [1.165, 1.54) is 0 Å². The summed E-state index contributed by atoms with van der Waals surface area (Å²) in [6.45, 7) is 14.3. The van der Waals surface area contributed by atoms with Crippen molar-refractivity contribution in [1.29, 1.82) is 5.41 Å². The number of phenols is 1. The van der Waals surface area contributed by atoms with Crippen LogP contribution in [0.15, 0.2) is 18.2 Å². The van der Waals surface area contributed by atoms with Crippen LogP contribution < -0.4 is 5.32 Å². The first-order valence-corrected chi connectivity index (χ1v) is 11.3. The lowest BCUT2D eigenvalue weighted by Crippen LogP contribution is -2.31. The topological polar surface area (TPSA) is 127 Å². The third kappa shape index (κ3) is 5.05. The minimum Gasteiger partial charge on any atom is -0.507 e. The Hall–Kier alpha value is -3.42. The summed E-state index contributed by atoms with van der Waals surface area (Å²) < 4.78 is 0. The van der Waals surface area contributed by atoms with Gasteiger partial charge >= 0.3 is 6.09 Å². The molecule has 0 atom stereocenters. The van der Waals surface area contributed by atoms with Gasteiger partial charge in [0.25, 0.3) is 0 Å². The summed E-state index contributed by atoms with van der Waals surface area (Å²) in [5, 5.41) is 30.7. The van der Waals surface area contributed by atoms with E-state index in [9.17, 15) is 14.7 Å². The monoisotopic (exact) mass is 466 g/mol. The van der Waals surface area contributed by atoms with Gasteiger partial charge in [0.2, 0.25) is 0 Å². The molecule has 2 heterocycles. The molecule has 0 saturated carbocycles. The number of amidine groups is 1. The normalized spacial score (nSPS) is 13.7. The molecule has 3 rings (SSSR count). The summed E-state index contributed by atoms with van der Waals surface area (Å²) in [6.07, 6.45) is -1.11. The van der Waals surface area contributed by atoms with Crippen molar-refractivity contribution >= 4 is 17.7 Å². The zero-order chi connectivity index (χ0) is 25.6. The molecule has 0 aliphatic carbocycles. The molecule has 34 heavy (non-hydrogen) atoms. The van der Waals surface area contributed by atoms with E-state index in [1.807, 2.05) is 47.6 Å². The number of pyridine rings is 1. The van der Waals surface area contributed by atoms with Crippen molar-refractivity contribution in [2.24, 2.45) is 0 Å². The van der Waals surface area contributed by atoms with Gasteiger partial charge in [0.15, 0.2) is 5.78 Å². The second-order valence-corrected chi connectivity index (χ2v) is 10.9. The van der Waals surface area contributed by atoms with Gasteiger partial charge in [-0.2, -0.15) is 0 Å². The number of amides is 1. The third-order valence-corrected chi connectivity index (χ3v) is 6.11. The molecule has 0 radical (unpaired) electrons. The van der Waals surface area contributed by atoms with Crippen LogP contribution in [0.3, 0.4) is 0 Å². The number of carbonyl (C=O) groups excluding carboxylic acids is 1. The lowest BCUT2D eigenvalue weighted by molar-refractivity contribution is 0.0962. The van der Waals surface area contributed by atoms with E-state index in [-0.39, 0.29) is 41.3 Å². The van der Waals surface area contributed by atoms with Gasteiger partial charge in [-0.05, 0) is 41.5 Å². The maximum absolute atomic E-state index is 13.4. The Morgan fingerprint density at radius 2 is 1.65 bits per heavy atom. The molecule has 1 amide bonds. The average molecular weight is 467 g/mol. The standard InChI is InChI=1S/C26H34N4O4/c1-14-16(11-28-24(33)34)8-17-12-30(23(27)21(17)29-14)13-20(31)15-9-18(25(2,3)4)22(32)19(10-15)26(5,6)7/h8-10,27-28,32H,11-13H2,1-7H3,(H,33,34). The predicted octanol–water partition coefficient (Wildman–Crippen LogP) is 4.48. The van der Waals surface area contributed by atoms with Gasteiger partial charge in [-0.15, -0.1) is 0 Å². The molecule has 0 saturated heterocycles. The number of phenolic OH excluding ortho intramolecular Hbond substituents is 1. The number of ketones is 1. The van der Waals surface area contributed by atoms with Crippen LogP contribution >= 0.6 is 0 Å². The first-order chi connectivity index (χ1) is 15.6. The quantitative estimate of drug-likeness (QED) is 0.481. The summed E-state index contributed by atoms with van der Waals surface area (Å²) in [6, 6.07) is 5.37. The summed E-state index contributed by atoms with van der Waals surface area (Å²) in [5.41, 5.74) is 3.94. The molecule has 0 spiro atoms. The van der Waals surface area contributed by atoms with Crippen molar-refractivity contribution in [3.63, 3.8) is 0 Å². The van der Waals surface area contributed by atoms with Gasteiger partial charge in [0.1, 0.15) is 17.3 Å². The number of nitrogens with zero attached hydrogens (tertiary/aromatic N) is 2. The molecule has 4 N–H and O–H groups in total. The highest BCUT2D eigenvalue weighted by molar-refractivity contribution is 6.04. The van der Waals surface area contributed by atoms with E-state index in [0.717, 1.165) is 22.3 Å². The fourth-order valence-corrected chi connectivity index (χ4v) is 4.14. The third-order valence-electron chi connectivity index (χ3n) is 6.11. The smallest absolute Gasteiger partial charge is 0.404 e. The second-order valence-electron chi connectivity index (χ2n) is 10.9. The van der Waals surface area contributed by atoms with E-state index in [2.05, 4.69) is 10.3 Å². The first kappa shape index (κ1) is 25.2. The van der Waals surface area contributed by atoms with Gasteiger partial charge in [-0.1, -0.05) is 41.5 Å². The maximum Gasteiger partial charge on any atom is 0.404 e. The molecule has 0 fully saturated rings. The van der Waals surface area contributed by atoms with Gasteiger partial charge in [0.05, 0.1) is 6.54 Å². The van der Waals surface area contributed by atoms with Crippen molar-refractivity contribution in [3.8, 4) is 5.75 Å². The lowest BCUT2D eigenvalue weighted by Gasteiger charge is -2.28. The fraction of sp³-hybridized carbons (Fsp3) is 0.462. The number of hydrogen-bond donors (Lipinski definition) is 4. The maximum atomic E-state index is 13.4. The minimum atomic E-state index is -1.11. The number of aromatic hydroxyl groups is 1. The molecule has 8 nitrogen and oxygen atoms in total. The molecule has 2 aromatic rings. The van der Waals surface area contributed by atoms with Crippen LogP contribution in [-0.4, -0.2) is 44.4 Å². The molecule has 0 bridgehead atoms. The van der Waals surface area contributed by atoms with E-state index >= 15 is 0 Å². The van der Waals surface area contributed by atoms with Crippen molar-refractivity contribution in [2.75, 3.05) is 6.54 Å². The van der Waals surface area contributed by atoms with Crippen LogP contribution in [-0.2, 0) is 23.9 Å². The average Bonchev–Trinajstić information content (AvgIpc) is 2.99. The highest BCUT2D eigenvalue weighted by Gasteiger charge is 2.31. The van der Waals surface area contributed by atoms with Crippen LogP contribution in [0.4, 0.5) is 4.79 Å². The van der Waals surface area contributed by atoms with E-state index in [4.69, 9.17) is 10.5 Å². The van der Waals surface area contributed by atoms with Crippen molar-refractivity contribution < 1.29 is 19.8 Å². The fourth-order valence-electron chi connectivity index (χ4n) is 4.14. The molecule has 1 aromatic carbocycles. The number of aryl methyl sites for hydroxylation is 1. The van der Waals surface area contributed by atoms with Crippen LogP contribution in [0.25, 0.3) is 0 Å². The number of rotatable bonds is 5. The van der Waals surface area contributed by atoms with Gasteiger partial charge in [-0.3, -0.25) is 10.2 Å². The molecule has 0 unspecified atom stereocenters. The number of fused-ring (bicyclic) bond motifs is 1. The van der Waals surface area contributed by atoms with Gasteiger partial charge < -0.3 is 20.4 Å². The Morgan fingerprint density at radius 3 is 2.15 bits per heavy atom. The SMILES string of the molecule is Cc1nc2c(cc1CNC(=O)O)CN(CC(=O)c1cc(C(C)(C)C)c(O)c(C(C)(C)C)c1)C2=N. The number of hydrogen-bond acceptors (Lipinski definition) is 5. The molecule has 182 valence electrons. The Morgan fingerprint density at radius 1 is 1.09 bits per heavy atom. The summed E-state index contributed by atoms with van der Waals surface area (Å²) in [4.78, 5) is 30.4. The Bertz CT molecular complexity index is 1140. The van der Waals surface area contributed by atoms with E-state index < -0.39 is 6.09 Å². The van der Waals surface area contributed by atoms with Gasteiger partial charge in [-0.25, -0.2) is 9.78 Å². The summed E-state index contributed by atoms with van der Waals surface area (Å²) in [5.74, 6) is 0.258. The molecule has 1 aliphatic rings. The molecule has 8 heteroatoms. The molecular formula is C26H34N4O4. The van der Waals surface area contributed by atoms with E-state index in [1.54, 1.807) is 24.0 Å². The highest BCUT2D eigenvalue weighted by Crippen LogP contribution is 2.40.